The SMILES string of the molecule is CN(C)S(=O)(=O)c1ccc(I)c(C(=O)Nc2cnn(C)c2)c1. The summed E-state index contributed by atoms with van der Waals surface area (Å²) in [5.74, 6) is -0.381. The second-order valence-corrected chi connectivity index (χ2v) is 8.10. The minimum absolute atomic E-state index is 0.0780. The zero-order valence-electron chi connectivity index (χ0n) is 12.2. The van der Waals surface area contributed by atoms with Gasteiger partial charge in [-0.2, -0.15) is 5.10 Å². The van der Waals surface area contributed by atoms with E-state index >= 15 is 0 Å². The van der Waals surface area contributed by atoms with Gasteiger partial charge in [-0.05, 0) is 40.8 Å². The Bertz CT molecular complexity index is 814. The molecule has 2 rings (SSSR count). The highest BCUT2D eigenvalue weighted by Gasteiger charge is 2.20. The van der Waals surface area contributed by atoms with Crippen LogP contribution in [0.1, 0.15) is 10.4 Å². The Morgan fingerprint density at radius 2 is 2.05 bits per heavy atom. The molecule has 0 atom stereocenters. The molecule has 0 saturated carbocycles. The summed E-state index contributed by atoms with van der Waals surface area (Å²) in [6.07, 6.45) is 3.18. The lowest BCUT2D eigenvalue weighted by Gasteiger charge is -2.13. The minimum atomic E-state index is -3.58. The first-order chi connectivity index (χ1) is 10.2. The summed E-state index contributed by atoms with van der Waals surface area (Å²) in [6, 6.07) is 4.47. The van der Waals surface area contributed by atoms with Crippen LogP contribution in [-0.4, -0.2) is 42.5 Å². The van der Waals surface area contributed by atoms with Crippen LogP contribution in [0.2, 0.25) is 0 Å². The molecule has 22 heavy (non-hydrogen) atoms. The van der Waals surface area contributed by atoms with E-state index in [4.69, 9.17) is 0 Å². The van der Waals surface area contributed by atoms with Crippen LogP contribution in [0.3, 0.4) is 0 Å². The highest BCUT2D eigenvalue weighted by Crippen LogP contribution is 2.21. The van der Waals surface area contributed by atoms with Gasteiger partial charge in [0.1, 0.15) is 0 Å². The number of amides is 1. The molecule has 0 aliphatic heterocycles. The number of anilines is 1. The fraction of sp³-hybridized carbons (Fsp3) is 0.231. The molecule has 7 nitrogen and oxygen atoms in total. The lowest BCUT2D eigenvalue weighted by molar-refractivity contribution is 0.102. The topological polar surface area (TPSA) is 84.3 Å². The molecule has 1 aromatic carbocycles. The number of carbonyl (C=O) groups is 1. The van der Waals surface area contributed by atoms with Crippen LogP contribution in [0, 0.1) is 3.57 Å². The van der Waals surface area contributed by atoms with E-state index in [0.717, 1.165) is 4.31 Å². The highest BCUT2D eigenvalue weighted by atomic mass is 127. The maximum absolute atomic E-state index is 12.3. The van der Waals surface area contributed by atoms with Gasteiger partial charge in [0.25, 0.3) is 5.91 Å². The third-order valence-corrected chi connectivity index (χ3v) is 5.68. The number of nitrogens with one attached hydrogen (secondary N) is 1. The van der Waals surface area contributed by atoms with Crippen molar-refractivity contribution in [3.8, 4) is 0 Å². The summed E-state index contributed by atoms with van der Waals surface area (Å²) in [6.45, 7) is 0. The number of aryl methyl sites for hydroxylation is 1. The molecule has 1 heterocycles. The summed E-state index contributed by atoms with van der Waals surface area (Å²) in [4.78, 5) is 12.4. The number of sulfonamides is 1. The maximum atomic E-state index is 12.3. The second-order valence-electron chi connectivity index (χ2n) is 4.79. The van der Waals surface area contributed by atoms with E-state index in [1.165, 1.54) is 32.4 Å². The predicted molar refractivity (Wildman–Crippen MR) is 91.2 cm³/mol. The van der Waals surface area contributed by atoms with Gasteiger partial charge in [0, 0.05) is 30.9 Å². The molecular weight excluding hydrogens is 419 g/mol. The Morgan fingerprint density at radius 1 is 1.36 bits per heavy atom. The Kier molecular flexibility index (Phi) is 4.87. The van der Waals surface area contributed by atoms with Crippen LogP contribution in [0.25, 0.3) is 0 Å². The fourth-order valence-electron chi connectivity index (χ4n) is 1.73. The maximum Gasteiger partial charge on any atom is 0.256 e. The lowest BCUT2D eigenvalue weighted by atomic mass is 10.2. The van der Waals surface area contributed by atoms with E-state index in [1.807, 2.05) is 22.6 Å². The van der Waals surface area contributed by atoms with Crippen molar-refractivity contribution in [2.75, 3.05) is 19.4 Å². The van der Waals surface area contributed by atoms with Crippen LogP contribution < -0.4 is 5.32 Å². The van der Waals surface area contributed by atoms with Crippen molar-refractivity contribution in [1.29, 1.82) is 0 Å². The van der Waals surface area contributed by atoms with Gasteiger partial charge in [-0.25, -0.2) is 12.7 Å². The normalized spacial score (nSPS) is 11.7. The summed E-state index contributed by atoms with van der Waals surface area (Å²) in [5, 5.41) is 6.66. The molecule has 0 spiro atoms. The van der Waals surface area contributed by atoms with E-state index < -0.39 is 10.0 Å². The summed E-state index contributed by atoms with van der Waals surface area (Å²) in [5.41, 5.74) is 0.844. The first kappa shape index (κ1) is 16.9. The number of hydrogen-bond acceptors (Lipinski definition) is 4. The number of hydrogen-bond donors (Lipinski definition) is 1. The van der Waals surface area contributed by atoms with Crippen LogP contribution in [0.4, 0.5) is 5.69 Å². The van der Waals surface area contributed by atoms with Crippen molar-refractivity contribution in [1.82, 2.24) is 14.1 Å². The molecule has 1 aromatic heterocycles. The molecule has 1 amide bonds. The van der Waals surface area contributed by atoms with Crippen LogP contribution >= 0.6 is 22.6 Å². The molecule has 0 saturated heterocycles. The zero-order valence-corrected chi connectivity index (χ0v) is 15.2. The van der Waals surface area contributed by atoms with Crippen molar-refractivity contribution < 1.29 is 13.2 Å². The van der Waals surface area contributed by atoms with Crippen molar-refractivity contribution in [2.24, 2.45) is 7.05 Å². The van der Waals surface area contributed by atoms with Crippen LogP contribution in [0.15, 0.2) is 35.5 Å². The Morgan fingerprint density at radius 3 is 2.59 bits per heavy atom. The van der Waals surface area contributed by atoms with E-state index in [0.29, 0.717) is 14.8 Å². The number of rotatable bonds is 4. The van der Waals surface area contributed by atoms with Crippen molar-refractivity contribution in [2.45, 2.75) is 4.90 Å². The third-order valence-electron chi connectivity index (χ3n) is 2.92. The average Bonchev–Trinajstić information content (AvgIpc) is 2.84. The molecule has 0 bridgehead atoms. The monoisotopic (exact) mass is 434 g/mol. The summed E-state index contributed by atoms with van der Waals surface area (Å²) >= 11 is 2.00. The highest BCUT2D eigenvalue weighted by molar-refractivity contribution is 14.1. The van der Waals surface area contributed by atoms with Gasteiger partial charge in [-0.1, -0.05) is 0 Å². The molecule has 9 heteroatoms. The molecule has 0 aliphatic carbocycles. The Balaban J connectivity index is 2.36. The number of benzene rings is 1. The average molecular weight is 434 g/mol. The van der Waals surface area contributed by atoms with E-state index in [-0.39, 0.29) is 10.8 Å². The van der Waals surface area contributed by atoms with Crippen LogP contribution in [-0.2, 0) is 17.1 Å². The van der Waals surface area contributed by atoms with Gasteiger partial charge < -0.3 is 5.32 Å². The quantitative estimate of drug-likeness (QED) is 0.740. The van der Waals surface area contributed by atoms with E-state index in [2.05, 4.69) is 10.4 Å². The van der Waals surface area contributed by atoms with E-state index in [1.54, 1.807) is 24.0 Å². The molecule has 0 unspecified atom stereocenters. The number of aromatic nitrogens is 2. The number of halogens is 1. The van der Waals surface area contributed by atoms with Gasteiger partial charge in [0.05, 0.1) is 22.3 Å². The van der Waals surface area contributed by atoms with Gasteiger partial charge in [-0.3, -0.25) is 9.48 Å². The smallest absolute Gasteiger partial charge is 0.256 e. The van der Waals surface area contributed by atoms with Crippen molar-refractivity contribution in [3.63, 3.8) is 0 Å². The predicted octanol–water partition coefficient (Wildman–Crippen LogP) is 1.53. The Labute approximate surface area is 142 Å². The van der Waals surface area contributed by atoms with E-state index in [9.17, 15) is 13.2 Å². The molecule has 0 radical (unpaired) electrons. The minimum Gasteiger partial charge on any atom is -0.319 e. The molecular formula is C13H15IN4O3S. The first-order valence-corrected chi connectivity index (χ1v) is 8.76. The van der Waals surface area contributed by atoms with Crippen molar-refractivity contribution in [3.05, 3.63) is 39.7 Å². The van der Waals surface area contributed by atoms with Crippen LogP contribution in [0.5, 0.6) is 0 Å². The summed E-state index contributed by atoms with van der Waals surface area (Å²) in [7, 11) is 1.05. The van der Waals surface area contributed by atoms with Gasteiger partial charge in [-0.15, -0.1) is 0 Å². The molecule has 0 aliphatic rings. The molecule has 2 aromatic rings. The largest absolute Gasteiger partial charge is 0.319 e. The van der Waals surface area contributed by atoms with Crippen molar-refractivity contribution >= 4 is 44.2 Å². The number of nitrogens with zero attached hydrogens (tertiary/aromatic N) is 3. The molecule has 0 fully saturated rings. The third kappa shape index (κ3) is 3.47. The zero-order chi connectivity index (χ0) is 16.5. The van der Waals surface area contributed by atoms with Gasteiger partial charge >= 0.3 is 0 Å². The molecule has 118 valence electrons. The summed E-state index contributed by atoms with van der Waals surface area (Å²) < 4.78 is 27.7. The standard InChI is InChI=1S/C13H15IN4O3S/c1-17(2)22(20,21)10-4-5-12(14)11(6-10)13(19)16-9-7-15-18(3)8-9/h4-8H,1-3H3,(H,16,19). The second kappa shape index (κ2) is 6.34. The fourth-order valence-corrected chi connectivity index (χ4v) is 3.24. The Hall–Kier alpha value is -1.46. The lowest BCUT2D eigenvalue weighted by Crippen LogP contribution is -2.23. The molecule has 1 N–H and O–H groups in total. The first-order valence-electron chi connectivity index (χ1n) is 6.24. The van der Waals surface area contributed by atoms with Gasteiger partial charge in [0.2, 0.25) is 10.0 Å². The number of carbonyl (C=O) groups excluding carboxylic acids is 1. The van der Waals surface area contributed by atoms with Gasteiger partial charge in [0.15, 0.2) is 0 Å².